The number of carbonyl (C=O) groups is 3. The summed E-state index contributed by atoms with van der Waals surface area (Å²) in [4.78, 5) is 39.3. The maximum Gasteiger partial charge on any atom is 0.253 e. The number of nitrogens with zero attached hydrogens (tertiary/aromatic N) is 2. The Morgan fingerprint density at radius 3 is 2.29 bits per heavy atom. The summed E-state index contributed by atoms with van der Waals surface area (Å²) in [6, 6.07) is 7.26. The smallest absolute Gasteiger partial charge is 0.253 e. The Morgan fingerprint density at radius 1 is 1.17 bits per heavy atom. The van der Waals surface area contributed by atoms with Gasteiger partial charge in [-0.2, -0.15) is 0 Å². The molecule has 1 N–H and O–H groups in total. The molecule has 1 saturated heterocycles. The van der Waals surface area contributed by atoms with E-state index >= 15 is 0 Å². The topological polar surface area (TPSA) is 69.7 Å². The molecule has 1 heterocycles. The van der Waals surface area contributed by atoms with Gasteiger partial charge in [0.1, 0.15) is 0 Å². The van der Waals surface area contributed by atoms with Crippen LogP contribution in [0.1, 0.15) is 23.2 Å². The number of halogens is 1. The first-order chi connectivity index (χ1) is 11.4. The molecule has 130 valence electrons. The van der Waals surface area contributed by atoms with Crippen molar-refractivity contribution in [3.63, 3.8) is 0 Å². The minimum Gasteiger partial charge on any atom is -0.347 e. The average molecular weight is 396 g/mol. The fourth-order valence-electron chi connectivity index (χ4n) is 2.58. The van der Waals surface area contributed by atoms with Gasteiger partial charge in [-0.3, -0.25) is 14.4 Å². The number of rotatable bonds is 4. The van der Waals surface area contributed by atoms with E-state index in [1.807, 2.05) is 12.1 Å². The SMILES string of the molecule is CN(C)C(=O)CNC(=O)C1CCN(C(=O)c2ccc(Br)cc2)CC1. The Bertz CT molecular complexity index is 608. The number of likely N-dealkylation sites (tertiary alicyclic amines) is 1. The minimum atomic E-state index is -0.145. The predicted octanol–water partition coefficient (Wildman–Crippen LogP) is 1.51. The van der Waals surface area contributed by atoms with Crippen molar-refractivity contribution in [2.75, 3.05) is 33.7 Å². The van der Waals surface area contributed by atoms with Crippen LogP contribution >= 0.6 is 15.9 Å². The summed E-state index contributed by atoms with van der Waals surface area (Å²) >= 11 is 3.35. The van der Waals surface area contributed by atoms with Crippen LogP contribution in [0.3, 0.4) is 0 Å². The van der Waals surface area contributed by atoms with Crippen molar-refractivity contribution in [2.24, 2.45) is 5.92 Å². The lowest BCUT2D eigenvalue weighted by atomic mass is 9.95. The number of carbonyl (C=O) groups excluding carboxylic acids is 3. The molecular weight excluding hydrogens is 374 g/mol. The zero-order valence-corrected chi connectivity index (χ0v) is 15.5. The number of piperidine rings is 1. The standard InChI is InChI=1S/C17H22BrN3O3/c1-20(2)15(22)11-19-16(23)12-7-9-21(10-8-12)17(24)13-3-5-14(18)6-4-13/h3-6,12H,7-11H2,1-2H3,(H,19,23). The van der Waals surface area contributed by atoms with Gasteiger partial charge in [0.25, 0.3) is 5.91 Å². The van der Waals surface area contributed by atoms with E-state index in [9.17, 15) is 14.4 Å². The Hall–Kier alpha value is -1.89. The molecule has 1 aliphatic rings. The number of hydrogen-bond donors (Lipinski definition) is 1. The summed E-state index contributed by atoms with van der Waals surface area (Å²) < 4.78 is 0.932. The largest absolute Gasteiger partial charge is 0.347 e. The summed E-state index contributed by atoms with van der Waals surface area (Å²) in [6.07, 6.45) is 1.23. The summed E-state index contributed by atoms with van der Waals surface area (Å²) in [5, 5.41) is 2.68. The number of amides is 3. The first-order valence-electron chi connectivity index (χ1n) is 7.91. The van der Waals surface area contributed by atoms with Crippen LogP contribution < -0.4 is 5.32 Å². The summed E-state index contributed by atoms with van der Waals surface area (Å²) in [7, 11) is 3.31. The van der Waals surface area contributed by atoms with Gasteiger partial charge in [0.2, 0.25) is 11.8 Å². The van der Waals surface area contributed by atoms with E-state index in [0.717, 1.165) is 4.47 Å². The average Bonchev–Trinajstić information content (AvgIpc) is 2.59. The number of benzene rings is 1. The lowest BCUT2D eigenvalue weighted by molar-refractivity contribution is -0.132. The van der Waals surface area contributed by atoms with Crippen LogP contribution in [-0.2, 0) is 9.59 Å². The van der Waals surface area contributed by atoms with E-state index in [-0.39, 0.29) is 30.2 Å². The summed E-state index contributed by atoms with van der Waals surface area (Å²) in [6.45, 7) is 1.12. The van der Waals surface area contributed by atoms with Crippen LogP contribution in [0.15, 0.2) is 28.7 Å². The minimum absolute atomic E-state index is 0.0101. The Morgan fingerprint density at radius 2 is 1.75 bits per heavy atom. The molecule has 24 heavy (non-hydrogen) atoms. The number of nitrogens with one attached hydrogen (secondary N) is 1. The highest BCUT2D eigenvalue weighted by Gasteiger charge is 2.28. The van der Waals surface area contributed by atoms with Crippen LogP contribution in [0.5, 0.6) is 0 Å². The molecular formula is C17H22BrN3O3. The van der Waals surface area contributed by atoms with E-state index < -0.39 is 0 Å². The quantitative estimate of drug-likeness (QED) is 0.839. The first-order valence-corrected chi connectivity index (χ1v) is 8.70. The van der Waals surface area contributed by atoms with E-state index in [1.54, 1.807) is 31.1 Å². The van der Waals surface area contributed by atoms with Crippen molar-refractivity contribution < 1.29 is 14.4 Å². The molecule has 6 nitrogen and oxygen atoms in total. The maximum absolute atomic E-state index is 12.4. The Balaban J connectivity index is 1.82. The van der Waals surface area contributed by atoms with E-state index in [1.165, 1.54) is 4.90 Å². The molecule has 7 heteroatoms. The summed E-state index contributed by atoms with van der Waals surface area (Å²) in [5.74, 6) is -0.398. The molecule has 0 aromatic heterocycles. The molecule has 1 fully saturated rings. The molecule has 0 atom stereocenters. The summed E-state index contributed by atoms with van der Waals surface area (Å²) in [5.41, 5.74) is 0.651. The van der Waals surface area contributed by atoms with Gasteiger partial charge < -0.3 is 15.1 Å². The van der Waals surface area contributed by atoms with Gasteiger partial charge >= 0.3 is 0 Å². The fourth-order valence-corrected chi connectivity index (χ4v) is 2.85. The molecule has 1 aromatic rings. The molecule has 0 saturated carbocycles. The fraction of sp³-hybridized carbons (Fsp3) is 0.471. The zero-order chi connectivity index (χ0) is 17.7. The van der Waals surface area contributed by atoms with E-state index in [2.05, 4.69) is 21.2 Å². The lowest BCUT2D eigenvalue weighted by Crippen LogP contribution is -2.44. The van der Waals surface area contributed by atoms with Crippen molar-refractivity contribution in [3.8, 4) is 0 Å². The third-order valence-electron chi connectivity index (χ3n) is 4.16. The van der Waals surface area contributed by atoms with Crippen LogP contribution in [0.2, 0.25) is 0 Å². The van der Waals surface area contributed by atoms with E-state index in [4.69, 9.17) is 0 Å². The van der Waals surface area contributed by atoms with Gasteiger partial charge in [0, 0.05) is 43.1 Å². The van der Waals surface area contributed by atoms with Crippen molar-refractivity contribution in [3.05, 3.63) is 34.3 Å². The molecule has 1 aliphatic heterocycles. The van der Waals surface area contributed by atoms with Crippen molar-refractivity contribution in [1.29, 1.82) is 0 Å². The van der Waals surface area contributed by atoms with Gasteiger partial charge in [-0.15, -0.1) is 0 Å². The molecule has 0 bridgehead atoms. The number of likely N-dealkylation sites (N-methyl/N-ethyl adjacent to an activating group) is 1. The van der Waals surface area contributed by atoms with Gasteiger partial charge in [0.05, 0.1) is 6.54 Å². The van der Waals surface area contributed by atoms with Crippen molar-refractivity contribution in [2.45, 2.75) is 12.8 Å². The van der Waals surface area contributed by atoms with Crippen LogP contribution in [0.4, 0.5) is 0 Å². The molecule has 0 aliphatic carbocycles. The number of hydrogen-bond acceptors (Lipinski definition) is 3. The monoisotopic (exact) mass is 395 g/mol. The van der Waals surface area contributed by atoms with E-state index in [0.29, 0.717) is 31.5 Å². The van der Waals surface area contributed by atoms with Gasteiger partial charge in [-0.25, -0.2) is 0 Å². The lowest BCUT2D eigenvalue weighted by Gasteiger charge is -2.31. The predicted molar refractivity (Wildman–Crippen MR) is 94.5 cm³/mol. The second kappa shape index (κ2) is 8.28. The van der Waals surface area contributed by atoms with Crippen molar-refractivity contribution in [1.82, 2.24) is 15.1 Å². The molecule has 1 aromatic carbocycles. The maximum atomic E-state index is 12.4. The van der Waals surface area contributed by atoms with Gasteiger partial charge in [-0.1, -0.05) is 15.9 Å². The van der Waals surface area contributed by atoms with Crippen LogP contribution in [0.25, 0.3) is 0 Å². The second-order valence-electron chi connectivity index (χ2n) is 6.08. The first kappa shape index (κ1) is 18.4. The van der Waals surface area contributed by atoms with Crippen molar-refractivity contribution >= 4 is 33.7 Å². The zero-order valence-electron chi connectivity index (χ0n) is 13.9. The Kier molecular flexibility index (Phi) is 6.36. The molecule has 0 radical (unpaired) electrons. The normalized spacial score (nSPS) is 15.0. The van der Waals surface area contributed by atoms with Gasteiger partial charge in [0.15, 0.2) is 0 Å². The molecule has 3 amide bonds. The molecule has 2 rings (SSSR count). The van der Waals surface area contributed by atoms with Gasteiger partial charge in [-0.05, 0) is 37.1 Å². The third-order valence-corrected chi connectivity index (χ3v) is 4.69. The highest BCUT2D eigenvalue weighted by atomic mass is 79.9. The molecule has 0 unspecified atom stereocenters. The second-order valence-corrected chi connectivity index (χ2v) is 7.00. The van der Waals surface area contributed by atoms with Crippen LogP contribution in [0, 0.1) is 5.92 Å². The Labute approximate surface area is 150 Å². The highest BCUT2D eigenvalue weighted by Crippen LogP contribution is 2.20. The third kappa shape index (κ3) is 4.80. The van der Waals surface area contributed by atoms with Crippen LogP contribution in [-0.4, -0.2) is 61.3 Å². The highest BCUT2D eigenvalue weighted by molar-refractivity contribution is 9.10. The molecule has 0 spiro atoms.